The Bertz CT molecular complexity index is 156. The Hall–Kier alpha value is -0.110. The third-order valence-electron chi connectivity index (χ3n) is 3.38. The van der Waals surface area contributed by atoms with Crippen LogP contribution in [-0.4, -0.2) is 18.3 Å². The van der Waals surface area contributed by atoms with E-state index in [0.717, 1.165) is 12.3 Å². The largest absolute Gasteiger partial charge is 0.308 e. The molecule has 0 aromatic rings. The fraction of sp³-hybridized carbons (Fsp3) is 1.00. The molecule has 1 nitrogen and oxygen atoms in total. The molecule has 1 aliphatic heterocycles. The second-order valence-corrected chi connectivity index (χ2v) is 4.23. The lowest BCUT2D eigenvalue weighted by molar-refractivity contribution is 0.155. The molecule has 2 heteroatoms. The van der Waals surface area contributed by atoms with Crippen LogP contribution in [0.15, 0.2) is 0 Å². The van der Waals surface area contributed by atoms with Crippen molar-refractivity contribution in [2.24, 2.45) is 5.92 Å². The van der Waals surface area contributed by atoms with E-state index < -0.39 is 6.17 Å². The van der Waals surface area contributed by atoms with Crippen molar-refractivity contribution in [1.29, 1.82) is 0 Å². The molecule has 2 atom stereocenters. The SMILES string of the molecule is CC1(C2CCC2)CC(F)CN1. The van der Waals surface area contributed by atoms with Gasteiger partial charge in [-0.25, -0.2) is 4.39 Å². The van der Waals surface area contributed by atoms with Crippen LogP contribution in [-0.2, 0) is 0 Å². The number of alkyl halides is 1. The van der Waals surface area contributed by atoms with Crippen molar-refractivity contribution in [3.05, 3.63) is 0 Å². The molecule has 1 N–H and O–H groups in total. The van der Waals surface area contributed by atoms with Gasteiger partial charge in [-0.05, 0) is 32.1 Å². The van der Waals surface area contributed by atoms with E-state index in [2.05, 4.69) is 12.2 Å². The van der Waals surface area contributed by atoms with Crippen LogP contribution in [0.4, 0.5) is 4.39 Å². The van der Waals surface area contributed by atoms with E-state index >= 15 is 0 Å². The smallest absolute Gasteiger partial charge is 0.114 e. The first-order valence-corrected chi connectivity index (χ1v) is 4.60. The summed E-state index contributed by atoms with van der Waals surface area (Å²) in [4.78, 5) is 0. The van der Waals surface area contributed by atoms with Crippen molar-refractivity contribution in [2.45, 2.75) is 44.3 Å². The van der Waals surface area contributed by atoms with E-state index in [-0.39, 0.29) is 5.54 Å². The Kier molecular flexibility index (Phi) is 1.67. The summed E-state index contributed by atoms with van der Waals surface area (Å²) >= 11 is 0. The molecular formula is C9H16FN. The van der Waals surface area contributed by atoms with E-state index in [1.807, 2.05) is 0 Å². The van der Waals surface area contributed by atoms with Gasteiger partial charge in [-0.1, -0.05) is 6.42 Å². The Morgan fingerprint density at radius 3 is 2.55 bits per heavy atom. The Balaban J connectivity index is 1.98. The van der Waals surface area contributed by atoms with E-state index in [9.17, 15) is 4.39 Å². The van der Waals surface area contributed by atoms with Gasteiger partial charge in [0.1, 0.15) is 6.17 Å². The van der Waals surface area contributed by atoms with Crippen LogP contribution >= 0.6 is 0 Å². The van der Waals surface area contributed by atoms with Gasteiger partial charge in [-0.2, -0.15) is 0 Å². The summed E-state index contributed by atoms with van der Waals surface area (Å²) in [6.07, 6.45) is 4.09. The van der Waals surface area contributed by atoms with Crippen LogP contribution in [0, 0.1) is 5.92 Å². The minimum atomic E-state index is -0.597. The minimum absolute atomic E-state index is 0.137. The first-order valence-electron chi connectivity index (χ1n) is 4.60. The number of hydrogen-bond donors (Lipinski definition) is 1. The molecule has 0 spiro atoms. The van der Waals surface area contributed by atoms with Gasteiger partial charge in [0.25, 0.3) is 0 Å². The predicted molar refractivity (Wildman–Crippen MR) is 43.3 cm³/mol. The highest BCUT2D eigenvalue weighted by Crippen LogP contribution is 2.40. The molecule has 64 valence electrons. The van der Waals surface area contributed by atoms with Gasteiger partial charge in [-0.3, -0.25) is 0 Å². The van der Waals surface area contributed by atoms with Crippen LogP contribution in [0.5, 0.6) is 0 Å². The average Bonchev–Trinajstić information content (AvgIpc) is 2.06. The molecule has 2 aliphatic rings. The molecule has 1 aliphatic carbocycles. The monoisotopic (exact) mass is 157 g/mol. The molecular weight excluding hydrogens is 141 g/mol. The summed E-state index contributed by atoms with van der Waals surface area (Å²) in [7, 11) is 0. The quantitative estimate of drug-likeness (QED) is 0.612. The minimum Gasteiger partial charge on any atom is -0.308 e. The van der Waals surface area contributed by atoms with Crippen LogP contribution in [0.3, 0.4) is 0 Å². The normalized spacial score (nSPS) is 45.8. The van der Waals surface area contributed by atoms with Crippen molar-refractivity contribution >= 4 is 0 Å². The molecule has 1 saturated carbocycles. The van der Waals surface area contributed by atoms with Crippen LogP contribution in [0.2, 0.25) is 0 Å². The highest BCUT2D eigenvalue weighted by molar-refractivity contribution is 5.00. The van der Waals surface area contributed by atoms with E-state index in [1.54, 1.807) is 0 Å². The third-order valence-corrected chi connectivity index (χ3v) is 3.38. The molecule has 0 bridgehead atoms. The van der Waals surface area contributed by atoms with Crippen LogP contribution < -0.4 is 5.32 Å². The van der Waals surface area contributed by atoms with E-state index in [1.165, 1.54) is 19.3 Å². The molecule has 0 aromatic heterocycles. The first-order chi connectivity index (χ1) is 5.21. The summed E-state index contributed by atoms with van der Waals surface area (Å²) in [6.45, 7) is 2.75. The summed E-state index contributed by atoms with van der Waals surface area (Å²) < 4.78 is 12.9. The fourth-order valence-electron chi connectivity index (χ4n) is 2.30. The van der Waals surface area contributed by atoms with Crippen molar-refractivity contribution < 1.29 is 4.39 Å². The van der Waals surface area contributed by atoms with Gasteiger partial charge in [0, 0.05) is 12.1 Å². The standard InChI is InChI=1S/C9H16FN/c1-9(7-3-2-4-7)5-8(10)6-11-9/h7-8,11H,2-6H2,1H3. The molecule has 1 saturated heterocycles. The van der Waals surface area contributed by atoms with Gasteiger partial charge >= 0.3 is 0 Å². The number of halogens is 1. The van der Waals surface area contributed by atoms with Gasteiger partial charge in [0.05, 0.1) is 0 Å². The third kappa shape index (κ3) is 1.18. The van der Waals surface area contributed by atoms with Crippen molar-refractivity contribution in [2.75, 3.05) is 6.54 Å². The summed E-state index contributed by atoms with van der Waals surface area (Å²) in [5, 5.41) is 3.31. The summed E-state index contributed by atoms with van der Waals surface area (Å²) in [6, 6.07) is 0. The molecule has 2 unspecified atom stereocenters. The second-order valence-electron chi connectivity index (χ2n) is 4.23. The molecule has 2 rings (SSSR count). The number of rotatable bonds is 1. The molecule has 0 radical (unpaired) electrons. The second kappa shape index (κ2) is 2.44. The Morgan fingerprint density at radius 1 is 1.45 bits per heavy atom. The van der Waals surface area contributed by atoms with Gasteiger partial charge in [0.2, 0.25) is 0 Å². The first kappa shape index (κ1) is 7.53. The van der Waals surface area contributed by atoms with Crippen molar-refractivity contribution in [3.63, 3.8) is 0 Å². The van der Waals surface area contributed by atoms with E-state index in [0.29, 0.717) is 6.54 Å². The zero-order valence-corrected chi connectivity index (χ0v) is 7.07. The number of nitrogens with one attached hydrogen (secondary N) is 1. The molecule has 0 aromatic carbocycles. The van der Waals surface area contributed by atoms with Gasteiger partial charge in [-0.15, -0.1) is 0 Å². The number of hydrogen-bond acceptors (Lipinski definition) is 1. The maximum atomic E-state index is 12.9. The Labute approximate surface area is 67.4 Å². The molecule has 11 heavy (non-hydrogen) atoms. The lowest BCUT2D eigenvalue weighted by Gasteiger charge is -2.40. The van der Waals surface area contributed by atoms with E-state index in [4.69, 9.17) is 0 Å². The Morgan fingerprint density at radius 2 is 2.18 bits per heavy atom. The molecule has 0 amide bonds. The molecule has 1 heterocycles. The lowest BCUT2D eigenvalue weighted by Crippen LogP contribution is -2.46. The predicted octanol–water partition coefficient (Wildman–Crippen LogP) is 1.88. The molecule has 2 fully saturated rings. The highest BCUT2D eigenvalue weighted by atomic mass is 19.1. The summed E-state index contributed by atoms with van der Waals surface area (Å²) in [5.41, 5.74) is 0.137. The topological polar surface area (TPSA) is 12.0 Å². The fourth-order valence-corrected chi connectivity index (χ4v) is 2.30. The van der Waals surface area contributed by atoms with Gasteiger partial charge < -0.3 is 5.32 Å². The maximum Gasteiger partial charge on any atom is 0.114 e. The average molecular weight is 157 g/mol. The maximum absolute atomic E-state index is 12.9. The van der Waals surface area contributed by atoms with Crippen LogP contribution in [0.1, 0.15) is 32.6 Å². The zero-order valence-electron chi connectivity index (χ0n) is 7.07. The zero-order chi connectivity index (χ0) is 7.90. The highest BCUT2D eigenvalue weighted by Gasteiger charge is 2.43. The van der Waals surface area contributed by atoms with Crippen molar-refractivity contribution in [3.8, 4) is 0 Å². The lowest BCUT2D eigenvalue weighted by atomic mass is 9.71. The summed E-state index contributed by atoms with van der Waals surface area (Å²) in [5.74, 6) is 0.753. The van der Waals surface area contributed by atoms with Gasteiger partial charge in [0.15, 0.2) is 0 Å². The van der Waals surface area contributed by atoms with Crippen molar-refractivity contribution in [1.82, 2.24) is 5.32 Å². The van der Waals surface area contributed by atoms with Crippen LogP contribution in [0.25, 0.3) is 0 Å².